The molecular weight excluding hydrogens is 601 g/mol. The molecule has 0 radical (unpaired) electrons. The third kappa shape index (κ3) is 7.06. The lowest BCUT2D eigenvalue weighted by atomic mass is 9.81. The van der Waals surface area contributed by atoms with E-state index in [2.05, 4.69) is 29.1 Å². The van der Waals surface area contributed by atoms with E-state index in [1.165, 1.54) is 0 Å². The molecule has 6 nitrogen and oxygen atoms in total. The van der Waals surface area contributed by atoms with Crippen LogP contribution in [0.3, 0.4) is 0 Å². The molecule has 0 aromatic heterocycles. The number of benzene rings is 2. The molecule has 0 spiro atoms. The maximum Gasteiger partial charge on any atom is 0.489 e. The lowest BCUT2D eigenvalue weighted by Gasteiger charge is -2.32. The zero-order valence-electron chi connectivity index (χ0n) is 25.1. The SMILES string of the molecule is C=C(C)B1OC(C)(C)C(C)(C)O1.C=C(C)c1c(N)c(C2CC2)cc(C#N)c1F.N#Cc1cc(C2CC2)c(N)c(Br)c1F. The largest absolute Gasteiger partial charge is 0.489 e. The van der Waals surface area contributed by atoms with E-state index in [1.807, 2.05) is 46.8 Å². The van der Waals surface area contributed by atoms with E-state index in [1.54, 1.807) is 19.1 Å². The molecule has 222 valence electrons. The fourth-order valence-electron chi connectivity index (χ4n) is 4.44. The number of rotatable bonds is 4. The van der Waals surface area contributed by atoms with Crippen LogP contribution in [0.15, 0.2) is 35.2 Å². The van der Waals surface area contributed by atoms with Gasteiger partial charge in [0, 0.05) is 11.3 Å². The molecule has 3 aliphatic rings. The van der Waals surface area contributed by atoms with Crippen LogP contribution >= 0.6 is 15.9 Å². The lowest BCUT2D eigenvalue weighted by Crippen LogP contribution is -2.41. The monoisotopic (exact) mass is 638 g/mol. The Morgan fingerprint density at radius 2 is 1.29 bits per heavy atom. The molecule has 3 fully saturated rings. The van der Waals surface area contributed by atoms with E-state index in [0.717, 1.165) is 42.3 Å². The molecule has 2 aromatic rings. The summed E-state index contributed by atoms with van der Waals surface area (Å²) in [4.78, 5) is 0. The molecule has 0 bridgehead atoms. The van der Waals surface area contributed by atoms with Gasteiger partial charge in [0.1, 0.15) is 18.0 Å². The molecule has 0 amide bonds. The van der Waals surface area contributed by atoms with E-state index in [4.69, 9.17) is 31.3 Å². The Hall–Kier alpha value is -3.18. The van der Waals surface area contributed by atoms with Gasteiger partial charge in [-0.05, 0) is 124 Å². The van der Waals surface area contributed by atoms with Crippen LogP contribution in [0.5, 0.6) is 0 Å². The fraction of sp³-hybridized carbons (Fsp3) is 0.438. The van der Waals surface area contributed by atoms with Crippen molar-refractivity contribution in [2.75, 3.05) is 11.5 Å². The van der Waals surface area contributed by atoms with Crippen molar-refractivity contribution >= 4 is 40.0 Å². The van der Waals surface area contributed by atoms with Gasteiger partial charge in [-0.2, -0.15) is 10.5 Å². The molecule has 10 heteroatoms. The Bertz CT molecular complexity index is 1490. The van der Waals surface area contributed by atoms with Gasteiger partial charge in [0.15, 0.2) is 5.82 Å². The van der Waals surface area contributed by atoms with Crippen LogP contribution in [-0.4, -0.2) is 18.3 Å². The number of nitrogens with zero attached hydrogens (tertiary/aromatic N) is 2. The normalized spacial score (nSPS) is 18.0. The van der Waals surface area contributed by atoms with Gasteiger partial charge >= 0.3 is 7.12 Å². The fourth-order valence-corrected chi connectivity index (χ4v) is 4.88. The van der Waals surface area contributed by atoms with E-state index in [-0.39, 0.29) is 33.9 Å². The van der Waals surface area contributed by atoms with Gasteiger partial charge in [0.2, 0.25) is 0 Å². The molecule has 1 saturated heterocycles. The summed E-state index contributed by atoms with van der Waals surface area (Å²) in [5, 5.41) is 17.6. The first-order chi connectivity index (χ1) is 19.5. The Kier molecular flexibility index (Phi) is 9.99. The molecule has 0 unspecified atom stereocenters. The van der Waals surface area contributed by atoms with Crippen LogP contribution in [0.4, 0.5) is 20.2 Å². The smallest absolute Gasteiger partial charge is 0.400 e. The summed E-state index contributed by atoms with van der Waals surface area (Å²) in [6, 6.07) is 6.84. The van der Waals surface area contributed by atoms with E-state index < -0.39 is 11.6 Å². The second kappa shape index (κ2) is 12.6. The van der Waals surface area contributed by atoms with Crippen LogP contribution < -0.4 is 11.5 Å². The number of allylic oxidation sites excluding steroid dienone is 2. The molecule has 0 atom stereocenters. The maximum absolute atomic E-state index is 13.9. The Labute approximate surface area is 256 Å². The minimum Gasteiger partial charge on any atom is -0.400 e. The van der Waals surface area contributed by atoms with Crippen LogP contribution in [0.1, 0.15) is 107 Å². The first-order valence-electron chi connectivity index (χ1n) is 13.8. The standard InChI is InChI=1S/C13H13FN2.C10H8BrFN2.C9H17BO2/c1-7(2)11-12(14)9(6-15)5-10(13(11)16)8-3-4-8;11-8-9(12)6(4-13)3-7(10(8)14)5-1-2-5;1-7(2)10-11-8(3,4)9(5,6)12-10/h5,8H,1,3-4,16H2,2H3;3,5H,1-2,14H2;1H2,2-6H3. The average Bonchev–Trinajstić information content (AvgIpc) is 3.82. The summed E-state index contributed by atoms with van der Waals surface area (Å²) >= 11 is 3.07. The van der Waals surface area contributed by atoms with Gasteiger partial charge in [-0.15, -0.1) is 6.58 Å². The zero-order chi connectivity index (χ0) is 31.7. The first kappa shape index (κ1) is 33.3. The number of hydrogen-bond acceptors (Lipinski definition) is 6. The van der Waals surface area contributed by atoms with Gasteiger partial charge in [-0.1, -0.05) is 12.1 Å². The number of nitriles is 2. The number of nitrogens with two attached hydrogens (primary N) is 2. The Morgan fingerprint density at radius 1 is 0.881 bits per heavy atom. The quantitative estimate of drug-likeness (QED) is 0.257. The molecule has 2 saturated carbocycles. The van der Waals surface area contributed by atoms with E-state index in [0.29, 0.717) is 34.3 Å². The third-order valence-corrected chi connectivity index (χ3v) is 8.75. The molecule has 2 aliphatic carbocycles. The summed E-state index contributed by atoms with van der Waals surface area (Å²) in [5.74, 6) is -0.295. The highest BCUT2D eigenvalue weighted by Gasteiger charge is 2.51. The summed E-state index contributed by atoms with van der Waals surface area (Å²) in [7, 11) is -0.241. The van der Waals surface area contributed by atoms with Crippen molar-refractivity contribution in [1.29, 1.82) is 10.5 Å². The first-order valence-corrected chi connectivity index (χ1v) is 14.6. The highest BCUT2D eigenvalue weighted by Crippen LogP contribution is 2.46. The second-order valence-electron chi connectivity index (χ2n) is 12.2. The zero-order valence-corrected chi connectivity index (χ0v) is 26.7. The van der Waals surface area contributed by atoms with Crippen molar-refractivity contribution in [3.8, 4) is 12.1 Å². The van der Waals surface area contributed by atoms with Crippen LogP contribution in [-0.2, 0) is 9.31 Å². The van der Waals surface area contributed by atoms with Crippen molar-refractivity contribution < 1.29 is 18.1 Å². The Morgan fingerprint density at radius 3 is 1.62 bits per heavy atom. The predicted molar refractivity (Wildman–Crippen MR) is 168 cm³/mol. The van der Waals surface area contributed by atoms with Crippen LogP contribution in [0, 0.1) is 34.3 Å². The molecule has 1 aliphatic heterocycles. The molecule has 5 rings (SSSR count). The molecular formula is C32H38BBrF2N4O2. The minimum atomic E-state index is -0.561. The van der Waals surface area contributed by atoms with Gasteiger partial charge < -0.3 is 20.8 Å². The van der Waals surface area contributed by atoms with Crippen molar-refractivity contribution in [2.45, 2.75) is 90.3 Å². The van der Waals surface area contributed by atoms with Gasteiger partial charge in [-0.25, -0.2) is 8.78 Å². The third-order valence-electron chi connectivity index (χ3n) is 7.97. The molecule has 42 heavy (non-hydrogen) atoms. The van der Waals surface area contributed by atoms with E-state index >= 15 is 0 Å². The van der Waals surface area contributed by atoms with Crippen molar-refractivity contribution in [2.24, 2.45) is 0 Å². The molecule has 2 aromatic carbocycles. The second-order valence-corrected chi connectivity index (χ2v) is 13.0. The summed E-state index contributed by atoms with van der Waals surface area (Å²) in [6.45, 7) is 19.3. The molecule has 4 N–H and O–H groups in total. The van der Waals surface area contributed by atoms with E-state index in [9.17, 15) is 8.78 Å². The summed E-state index contributed by atoms with van der Waals surface area (Å²) in [6.07, 6.45) is 4.28. The Balaban J connectivity index is 0.000000175. The van der Waals surface area contributed by atoms with Gasteiger partial charge in [-0.3, -0.25) is 0 Å². The maximum atomic E-state index is 13.9. The highest BCUT2D eigenvalue weighted by atomic mass is 79.9. The van der Waals surface area contributed by atoms with Crippen molar-refractivity contribution in [1.82, 2.24) is 0 Å². The summed E-state index contributed by atoms with van der Waals surface area (Å²) in [5.41, 5.74) is 15.8. The van der Waals surface area contributed by atoms with Crippen LogP contribution in [0.25, 0.3) is 5.57 Å². The predicted octanol–water partition coefficient (Wildman–Crippen LogP) is 8.30. The number of halogens is 3. The van der Waals surface area contributed by atoms with Crippen molar-refractivity contribution in [3.63, 3.8) is 0 Å². The van der Waals surface area contributed by atoms with Crippen LogP contribution in [0.2, 0.25) is 0 Å². The number of anilines is 2. The van der Waals surface area contributed by atoms with Gasteiger partial charge in [0.25, 0.3) is 0 Å². The minimum absolute atomic E-state index is 0.0629. The lowest BCUT2D eigenvalue weighted by molar-refractivity contribution is 0.00578. The topological polar surface area (TPSA) is 118 Å². The molecule has 1 heterocycles. The number of nitrogen functional groups attached to an aromatic ring is 2. The highest BCUT2D eigenvalue weighted by molar-refractivity contribution is 9.10. The summed E-state index contributed by atoms with van der Waals surface area (Å²) < 4.78 is 38.9. The average molecular weight is 639 g/mol. The van der Waals surface area contributed by atoms with Crippen molar-refractivity contribution in [3.05, 3.63) is 74.7 Å². The number of hydrogen-bond donors (Lipinski definition) is 2. The van der Waals surface area contributed by atoms with Gasteiger partial charge in [0.05, 0.1) is 32.5 Å².